The number of aliphatic hydroxyl groups is 1. The van der Waals surface area contributed by atoms with Crippen LogP contribution in [0.1, 0.15) is 120 Å². The topological polar surface area (TPSA) is 41.7 Å². The van der Waals surface area contributed by atoms with Crippen molar-refractivity contribution in [1.29, 1.82) is 0 Å². The van der Waals surface area contributed by atoms with Gasteiger partial charge in [-0.3, -0.25) is 0 Å². The molecule has 1 aliphatic heterocycles. The minimum absolute atomic E-state index is 0.280. The summed E-state index contributed by atoms with van der Waals surface area (Å²) in [5.41, 5.74) is 5.00. The van der Waals surface area contributed by atoms with Crippen LogP contribution in [0.2, 0.25) is 10.0 Å². The molecule has 0 aromatic heterocycles. The summed E-state index contributed by atoms with van der Waals surface area (Å²) in [7, 11) is 1.73. The van der Waals surface area contributed by atoms with E-state index in [0.717, 1.165) is 85.1 Å². The quantitative estimate of drug-likeness (QED) is 0.114. The zero-order valence-electron chi connectivity index (χ0n) is 25.5. The van der Waals surface area contributed by atoms with E-state index in [-0.39, 0.29) is 6.61 Å². The molecule has 0 atom stereocenters. The summed E-state index contributed by atoms with van der Waals surface area (Å²) in [6.45, 7) is 4.90. The first-order chi connectivity index (χ1) is 20.1. The fourth-order valence-electron chi connectivity index (χ4n) is 5.85. The first kappa shape index (κ1) is 33.7. The van der Waals surface area contributed by atoms with Crippen molar-refractivity contribution >= 4 is 28.9 Å². The van der Waals surface area contributed by atoms with E-state index in [2.05, 4.69) is 23.6 Å². The second-order valence-corrected chi connectivity index (χ2v) is 12.2. The van der Waals surface area contributed by atoms with E-state index in [4.69, 9.17) is 37.8 Å². The predicted molar refractivity (Wildman–Crippen MR) is 174 cm³/mol. The molecule has 1 aliphatic rings. The molecule has 0 bridgehead atoms. The number of hydrogen-bond donors (Lipinski definition) is 1. The maximum Gasteiger partial charge on any atom is 0.184 e. The minimum Gasteiger partial charge on any atom is -0.493 e. The van der Waals surface area contributed by atoms with Gasteiger partial charge in [0.25, 0.3) is 0 Å². The van der Waals surface area contributed by atoms with Gasteiger partial charge in [-0.05, 0) is 49.6 Å². The Bertz CT molecular complexity index is 1090. The highest BCUT2D eigenvalue weighted by atomic mass is 35.5. The molecule has 6 heteroatoms. The van der Waals surface area contributed by atoms with Crippen molar-refractivity contribution in [2.45, 2.75) is 116 Å². The van der Waals surface area contributed by atoms with E-state index >= 15 is 0 Å². The molecule has 0 fully saturated rings. The summed E-state index contributed by atoms with van der Waals surface area (Å²) >= 11 is 13.0. The number of aliphatic hydroxyl groups excluding tert-OH is 1. The highest BCUT2D eigenvalue weighted by Crippen LogP contribution is 2.37. The van der Waals surface area contributed by atoms with Gasteiger partial charge in [-0.2, -0.15) is 0 Å². The van der Waals surface area contributed by atoms with Crippen molar-refractivity contribution in [3.8, 4) is 11.5 Å². The first-order valence-corrected chi connectivity index (χ1v) is 16.8. The third-order valence-electron chi connectivity index (χ3n) is 8.20. The van der Waals surface area contributed by atoms with Crippen LogP contribution in [0, 0.1) is 0 Å². The smallest absolute Gasteiger partial charge is 0.184 e. The number of methoxy groups -OCH3 is 1. The molecule has 2 aromatic carbocycles. The highest BCUT2D eigenvalue weighted by Gasteiger charge is 2.30. The lowest BCUT2D eigenvalue weighted by molar-refractivity contribution is -0.545. The lowest BCUT2D eigenvalue weighted by Gasteiger charge is -2.23. The molecule has 0 aliphatic carbocycles. The molecular formula is C35H52Cl2NO3+. The minimum atomic E-state index is 0.280. The van der Waals surface area contributed by atoms with Crippen LogP contribution in [0.15, 0.2) is 30.3 Å². The number of ether oxygens (including phenoxy) is 2. The zero-order valence-corrected chi connectivity index (χ0v) is 27.0. The Morgan fingerprint density at radius 3 is 2.22 bits per heavy atom. The number of hydrogen-bond acceptors (Lipinski definition) is 3. The molecule has 0 radical (unpaired) electrons. The van der Waals surface area contributed by atoms with E-state index < -0.39 is 0 Å². The average Bonchev–Trinajstić information content (AvgIpc) is 2.98. The maximum atomic E-state index is 9.01. The Morgan fingerprint density at radius 1 is 0.829 bits per heavy atom. The number of benzene rings is 2. The Hall–Kier alpha value is -1.75. The SMILES string of the molecule is CCCCCCCCCCCC1=[N+](Cc2cc(Cl)ccc2Cl)CCc2c1ccc(OC)c2OCCCCCCCO. The summed E-state index contributed by atoms with van der Waals surface area (Å²) in [6, 6.07) is 10.1. The fourth-order valence-corrected chi connectivity index (χ4v) is 6.23. The van der Waals surface area contributed by atoms with Gasteiger partial charge in [-0.15, -0.1) is 0 Å². The van der Waals surface area contributed by atoms with Gasteiger partial charge in [0.2, 0.25) is 0 Å². The third kappa shape index (κ3) is 11.1. The molecule has 228 valence electrons. The molecule has 41 heavy (non-hydrogen) atoms. The molecule has 3 rings (SSSR count). The van der Waals surface area contributed by atoms with Crippen LogP contribution in [0.3, 0.4) is 0 Å². The molecule has 1 N–H and O–H groups in total. The van der Waals surface area contributed by atoms with Crippen molar-refractivity contribution in [2.24, 2.45) is 0 Å². The molecule has 1 heterocycles. The van der Waals surface area contributed by atoms with Gasteiger partial charge in [0.05, 0.1) is 18.7 Å². The van der Waals surface area contributed by atoms with Crippen molar-refractivity contribution in [3.63, 3.8) is 0 Å². The van der Waals surface area contributed by atoms with Crippen LogP contribution in [0.25, 0.3) is 0 Å². The van der Waals surface area contributed by atoms with Crippen LogP contribution < -0.4 is 9.47 Å². The Labute approximate surface area is 259 Å². The molecule has 0 unspecified atom stereocenters. The Balaban J connectivity index is 1.75. The summed E-state index contributed by atoms with van der Waals surface area (Å²) < 4.78 is 14.7. The Kier molecular flexibility index (Phi) is 16.0. The van der Waals surface area contributed by atoms with Crippen LogP contribution in [0.4, 0.5) is 0 Å². The summed E-state index contributed by atoms with van der Waals surface area (Å²) in [5.74, 6) is 1.73. The molecule has 0 saturated carbocycles. The van der Waals surface area contributed by atoms with E-state index in [9.17, 15) is 0 Å². The van der Waals surface area contributed by atoms with Gasteiger partial charge < -0.3 is 14.6 Å². The van der Waals surface area contributed by atoms with Gasteiger partial charge >= 0.3 is 0 Å². The van der Waals surface area contributed by atoms with Gasteiger partial charge in [0, 0.05) is 41.2 Å². The largest absolute Gasteiger partial charge is 0.493 e. The van der Waals surface area contributed by atoms with E-state index in [1.54, 1.807) is 7.11 Å². The highest BCUT2D eigenvalue weighted by molar-refractivity contribution is 6.33. The monoisotopic (exact) mass is 604 g/mol. The Morgan fingerprint density at radius 2 is 1.51 bits per heavy atom. The van der Waals surface area contributed by atoms with Crippen molar-refractivity contribution in [2.75, 3.05) is 26.9 Å². The van der Waals surface area contributed by atoms with Crippen molar-refractivity contribution in [3.05, 3.63) is 57.1 Å². The summed E-state index contributed by atoms with van der Waals surface area (Å²) in [4.78, 5) is 0. The molecule has 4 nitrogen and oxygen atoms in total. The first-order valence-electron chi connectivity index (χ1n) is 16.1. The summed E-state index contributed by atoms with van der Waals surface area (Å²) in [6.07, 6.45) is 19.0. The number of fused-ring (bicyclic) bond motifs is 1. The average molecular weight is 606 g/mol. The van der Waals surface area contributed by atoms with E-state index in [0.29, 0.717) is 6.61 Å². The van der Waals surface area contributed by atoms with E-state index in [1.807, 2.05) is 18.2 Å². The van der Waals surface area contributed by atoms with Gasteiger partial charge in [0.1, 0.15) is 6.54 Å². The zero-order chi connectivity index (χ0) is 29.3. The standard InChI is InChI=1S/C35H52Cl2NO3/c1-3-4-5-6-7-8-9-11-14-17-33-30-19-21-34(40-2)35(41-25-16-13-10-12-15-24-39)31(30)22-23-38(33)27-28-26-29(36)18-20-32(28)37/h18-21,26,39H,3-17,22-25,27H2,1-2H3/q+1. The number of rotatable bonds is 21. The van der Waals surface area contributed by atoms with Crippen LogP contribution in [-0.4, -0.2) is 42.3 Å². The van der Waals surface area contributed by atoms with Gasteiger partial charge in [0.15, 0.2) is 23.8 Å². The molecular weight excluding hydrogens is 553 g/mol. The number of nitrogens with zero attached hydrogens (tertiary/aromatic N) is 1. The van der Waals surface area contributed by atoms with E-state index in [1.165, 1.54) is 74.6 Å². The third-order valence-corrected chi connectivity index (χ3v) is 8.81. The van der Waals surface area contributed by atoms with Crippen LogP contribution in [0.5, 0.6) is 11.5 Å². The molecule has 0 amide bonds. The van der Waals surface area contributed by atoms with Crippen molar-refractivity contribution < 1.29 is 19.2 Å². The van der Waals surface area contributed by atoms with Gasteiger partial charge in [-0.1, -0.05) is 101 Å². The van der Waals surface area contributed by atoms with Gasteiger partial charge in [-0.25, -0.2) is 4.58 Å². The predicted octanol–water partition coefficient (Wildman–Crippen LogP) is 9.80. The fraction of sp³-hybridized carbons (Fsp3) is 0.629. The second kappa shape index (κ2) is 19.4. The lowest BCUT2D eigenvalue weighted by Crippen LogP contribution is -2.30. The van der Waals surface area contributed by atoms with Crippen molar-refractivity contribution in [1.82, 2.24) is 0 Å². The maximum absolute atomic E-state index is 9.01. The van der Waals surface area contributed by atoms with Crippen LogP contribution >= 0.6 is 23.2 Å². The molecule has 0 spiro atoms. The summed E-state index contributed by atoms with van der Waals surface area (Å²) in [5, 5.41) is 10.5. The number of unbranched alkanes of at least 4 members (excludes halogenated alkanes) is 12. The molecule has 2 aromatic rings. The lowest BCUT2D eigenvalue weighted by atomic mass is 9.91. The van der Waals surface area contributed by atoms with Crippen LogP contribution in [-0.2, 0) is 13.0 Å². The second-order valence-electron chi connectivity index (χ2n) is 11.4. The number of halogens is 2. The normalized spacial score (nSPS) is 13.0. The molecule has 0 saturated heterocycles.